The molecule has 0 atom stereocenters. The maximum atomic E-state index is 12.2. The molecule has 0 aliphatic rings. The Morgan fingerprint density at radius 2 is 1.88 bits per heavy atom. The first-order valence-electron chi connectivity index (χ1n) is 5.26. The van der Waals surface area contributed by atoms with E-state index in [2.05, 4.69) is 0 Å². The van der Waals surface area contributed by atoms with Gasteiger partial charge in [0.1, 0.15) is 0 Å². The predicted octanol–water partition coefficient (Wildman–Crippen LogP) is 3.77. The second-order valence-electron chi connectivity index (χ2n) is 4.80. The van der Waals surface area contributed by atoms with E-state index in [-0.39, 0.29) is 11.2 Å². The van der Waals surface area contributed by atoms with Gasteiger partial charge in [0.05, 0.1) is 10.6 Å². The Morgan fingerprint density at radius 1 is 1.25 bits per heavy atom. The molecule has 2 rings (SSSR count). The Morgan fingerprint density at radius 3 is 2.44 bits per heavy atom. The monoisotopic (exact) mass is 233 g/mol. The molecule has 0 aromatic carbocycles. The average Bonchev–Trinajstić information content (AvgIpc) is 2.85. The SMILES string of the molecule is CC(C)(C)C(=O)c1sccc1-n1cccc1. The number of nitrogens with zero attached hydrogens (tertiary/aromatic N) is 1. The van der Waals surface area contributed by atoms with Gasteiger partial charge in [0.25, 0.3) is 0 Å². The van der Waals surface area contributed by atoms with Crippen LogP contribution >= 0.6 is 11.3 Å². The third-order valence-electron chi connectivity index (χ3n) is 2.41. The van der Waals surface area contributed by atoms with E-state index in [0.29, 0.717) is 0 Å². The average molecular weight is 233 g/mol. The van der Waals surface area contributed by atoms with Gasteiger partial charge in [0.2, 0.25) is 0 Å². The summed E-state index contributed by atoms with van der Waals surface area (Å²) in [6.45, 7) is 5.86. The summed E-state index contributed by atoms with van der Waals surface area (Å²) in [7, 11) is 0. The number of Topliss-reactive ketones (excluding diaryl/α,β-unsaturated/α-hetero) is 1. The summed E-state index contributed by atoms with van der Waals surface area (Å²) < 4.78 is 1.98. The Hall–Kier alpha value is -1.35. The molecule has 0 fully saturated rings. The Labute approximate surface area is 99.5 Å². The maximum Gasteiger partial charge on any atom is 0.180 e. The molecule has 16 heavy (non-hydrogen) atoms. The van der Waals surface area contributed by atoms with E-state index in [1.165, 1.54) is 11.3 Å². The first-order chi connectivity index (χ1) is 7.50. The van der Waals surface area contributed by atoms with E-state index in [1.807, 2.05) is 61.3 Å². The molecule has 84 valence electrons. The van der Waals surface area contributed by atoms with Crippen molar-refractivity contribution in [3.8, 4) is 5.69 Å². The van der Waals surface area contributed by atoms with Crippen molar-refractivity contribution in [3.05, 3.63) is 40.8 Å². The summed E-state index contributed by atoms with van der Waals surface area (Å²) in [5.74, 6) is 0.200. The molecule has 0 saturated heterocycles. The van der Waals surface area contributed by atoms with Gasteiger partial charge in [-0.3, -0.25) is 4.79 Å². The van der Waals surface area contributed by atoms with E-state index in [9.17, 15) is 4.79 Å². The van der Waals surface area contributed by atoms with Gasteiger partial charge in [0, 0.05) is 17.8 Å². The second kappa shape index (κ2) is 3.91. The number of aromatic nitrogens is 1. The molecule has 2 heterocycles. The molecule has 0 spiro atoms. The zero-order valence-corrected chi connectivity index (χ0v) is 10.5. The highest BCUT2D eigenvalue weighted by atomic mass is 32.1. The van der Waals surface area contributed by atoms with Crippen LogP contribution in [-0.4, -0.2) is 10.4 Å². The number of ketones is 1. The normalized spacial score (nSPS) is 11.7. The van der Waals surface area contributed by atoms with Crippen molar-refractivity contribution in [2.24, 2.45) is 5.41 Å². The Kier molecular flexibility index (Phi) is 2.72. The van der Waals surface area contributed by atoms with Gasteiger partial charge in [-0.1, -0.05) is 20.8 Å². The molecule has 0 unspecified atom stereocenters. The van der Waals surface area contributed by atoms with Crippen LogP contribution in [0, 0.1) is 5.41 Å². The van der Waals surface area contributed by atoms with Crippen LogP contribution in [0.4, 0.5) is 0 Å². The smallest absolute Gasteiger partial charge is 0.180 e. The van der Waals surface area contributed by atoms with Crippen LogP contribution < -0.4 is 0 Å². The first-order valence-corrected chi connectivity index (χ1v) is 6.14. The van der Waals surface area contributed by atoms with Gasteiger partial charge in [-0.05, 0) is 23.6 Å². The van der Waals surface area contributed by atoms with Gasteiger partial charge >= 0.3 is 0 Å². The number of carbonyl (C=O) groups excluding carboxylic acids is 1. The minimum absolute atomic E-state index is 0.200. The number of hydrogen-bond donors (Lipinski definition) is 0. The van der Waals surface area contributed by atoms with Crippen LogP contribution in [0.3, 0.4) is 0 Å². The highest BCUT2D eigenvalue weighted by Crippen LogP contribution is 2.29. The standard InChI is InChI=1S/C13H15NOS/c1-13(2,3)12(15)11-10(6-9-16-11)14-7-4-5-8-14/h4-9H,1-3H3. The lowest BCUT2D eigenvalue weighted by Crippen LogP contribution is -2.20. The molecule has 2 aromatic heterocycles. The minimum atomic E-state index is -0.327. The van der Waals surface area contributed by atoms with Crippen molar-refractivity contribution in [1.82, 2.24) is 4.57 Å². The van der Waals surface area contributed by atoms with E-state index >= 15 is 0 Å². The fourth-order valence-electron chi connectivity index (χ4n) is 1.51. The van der Waals surface area contributed by atoms with Crippen LogP contribution in [0.15, 0.2) is 36.0 Å². The maximum absolute atomic E-state index is 12.2. The largest absolute Gasteiger partial charge is 0.322 e. The summed E-state index contributed by atoms with van der Waals surface area (Å²) in [5, 5.41) is 1.97. The van der Waals surface area contributed by atoms with Crippen LogP contribution in [0.25, 0.3) is 5.69 Å². The lowest BCUT2D eigenvalue weighted by atomic mass is 9.89. The molecule has 2 nitrogen and oxygen atoms in total. The zero-order chi connectivity index (χ0) is 11.8. The number of thiophene rings is 1. The summed E-state index contributed by atoms with van der Waals surface area (Å²) in [4.78, 5) is 13.1. The minimum Gasteiger partial charge on any atom is -0.322 e. The molecule has 0 saturated carbocycles. The summed E-state index contributed by atoms with van der Waals surface area (Å²) in [5.41, 5.74) is 0.655. The molecular weight excluding hydrogens is 218 g/mol. The molecule has 0 aliphatic heterocycles. The topological polar surface area (TPSA) is 22.0 Å². The predicted molar refractivity (Wildman–Crippen MR) is 67.4 cm³/mol. The lowest BCUT2D eigenvalue weighted by Gasteiger charge is -2.16. The van der Waals surface area contributed by atoms with Gasteiger partial charge in [-0.15, -0.1) is 11.3 Å². The molecule has 0 bridgehead atoms. The van der Waals surface area contributed by atoms with Crippen molar-refractivity contribution < 1.29 is 4.79 Å². The summed E-state index contributed by atoms with van der Waals surface area (Å²) >= 11 is 1.51. The van der Waals surface area contributed by atoms with Crippen molar-refractivity contribution in [1.29, 1.82) is 0 Å². The van der Waals surface area contributed by atoms with E-state index < -0.39 is 0 Å². The molecule has 2 aromatic rings. The molecule has 3 heteroatoms. The van der Waals surface area contributed by atoms with Gasteiger partial charge in [-0.25, -0.2) is 0 Å². The van der Waals surface area contributed by atoms with E-state index in [1.54, 1.807) is 0 Å². The highest BCUT2D eigenvalue weighted by Gasteiger charge is 2.26. The van der Waals surface area contributed by atoms with Crippen molar-refractivity contribution >= 4 is 17.1 Å². The summed E-state index contributed by atoms with van der Waals surface area (Å²) in [6, 6.07) is 5.91. The fourth-order valence-corrected chi connectivity index (χ4v) is 2.55. The fraction of sp³-hybridized carbons (Fsp3) is 0.308. The van der Waals surface area contributed by atoms with Crippen LogP contribution in [0.1, 0.15) is 30.4 Å². The Bertz CT molecular complexity index is 488. The van der Waals surface area contributed by atoms with Gasteiger partial charge in [-0.2, -0.15) is 0 Å². The van der Waals surface area contributed by atoms with Crippen LogP contribution in [0.5, 0.6) is 0 Å². The number of carbonyl (C=O) groups is 1. The molecule has 0 N–H and O–H groups in total. The van der Waals surface area contributed by atoms with Crippen LogP contribution in [-0.2, 0) is 0 Å². The van der Waals surface area contributed by atoms with E-state index in [4.69, 9.17) is 0 Å². The van der Waals surface area contributed by atoms with Gasteiger partial charge in [0.15, 0.2) is 5.78 Å². The Balaban J connectivity index is 2.45. The number of hydrogen-bond acceptors (Lipinski definition) is 2. The van der Waals surface area contributed by atoms with Gasteiger partial charge < -0.3 is 4.57 Å². The highest BCUT2D eigenvalue weighted by molar-refractivity contribution is 7.12. The summed E-state index contributed by atoms with van der Waals surface area (Å²) in [6.07, 6.45) is 3.92. The lowest BCUT2D eigenvalue weighted by molar-refractivity contribution is 0.0863. The van der Waals surface area contributed by atoms with Crippen molar-refractivity contribution in [3.63, 3.8) is 0 Å². The zero-order valence-electron chi connectivity index (χ0n) is 9.73. The van der Waals surface area contributed by atoms with Crippen molar-refractivity contribution in [2.45, 2.75) is 20.8 Å². The molecule has 0 aliphatic carbocycles. The molecule has 0 radical (unpaired) electrons. The van der Waals surface area contributed by atoms with Crippen molar-refractivity contribution in [2.75, 3.05) is 0 Å². The molecular formula is C13H15NOS. The number of rotatable bonds is 2. The third kappa shape index (κ3) is 1.95. The third-order valence-corrected chi connectivity index (χ3v) is 3.32. The first kappa shape index (κ1) is 11.1. The quantitative estimate of drug-likeness (QED) is 0.724. The molecule has 0 amide bonds. The second-order valence-corrected chi connectivity index (χ2v) is 5.72. The van der Waals surface area contributed by atoms with E-state index in [0.717, 1.165) is 10.6 Å². The van der Waals surface area contributed by atoms with Crippen LogP contribution in [0.2, 0.25) is 0 Å².